The van der Waals surface area contributed by atoms with Crippen molar-refractivity contribution >= 4 is 47.0 Å². The molecule has 0 aliphatic carbocycles. The summed E-state index contributed by atoms with van der Waals surface area (Å²) in [5.74, 6) is 0.932. The second-order valence-corrected chi connectivity index (χ2v) is 13.5. The molecule has 0 saturated carbocycles. The Morgan fingerprint density at radius 3 is 1.21 bits per heavy atom. The first kappa shape index (κ1) is 39.8. The molecule has 4 aromatic rings. The number of unbranched alkanes of at least 4 members (excludes halogenated alkanes) is 1. The summed E-state index contributed by atoms with van der Waals surface area (Å²) in [7, 11) is 6.17. The van der Waals surface area contributed by atoms with E-state index in [2.05, 4.69) is 0 Å². The highest BCUT2D eigenvalue weighted by Gasteiger charge is 2.26. The molecule has 4 rings (SSSR count). The summed E-state index contributed by atoms with van der Waals surface area (Å²) >= 11 is 2.34. The summed E-state index contributed by atoms with van der Waals surface area (Å²) < 4.78 is 32.1. The molecule has 2 unspecified atom stereocenters. The highest BCUT2D eigenvalue weighted by molar-refractivity contribution is 8.01. The fraction of sp³-hybridized carbons (Fsp3) is 0.300. The van der Waals surface area contributed by atoms with Gasteiger partial charge in [0, 0.05) is 11.1 Å². The first-order valence-electron chi connectivity index (χ1n) is 16.4. The van der Waals surface area contributed by atoms with Gasteiger partial charge in [-0.1, -0.05) is 48.5 Å². The van der Waals surface area contributed by atoms with Crippen molar-refractivity contribution in [3.05, 3.63) is 119 Å². The van der Waals surface area contributed by atoms with E-state index in [1.165, 1.54) is 37.7 Å². The molecular formula is C40H42O10S2. The van der Waals surface area contributed by atoms with Gasteiger partial charge in [-0.2, -0.15) is 0 Å². The fourth-order valence-electron chi connectivity index (χ4n) is 5.07. The third-order valence-corrected chi connectivity index (χ3v) is 10.2. The molecule has 0 saturated heterocycles. The Morgan fingerprint density at radius 2 is 0.846 bits per heavy atom. The predicted octanol–water partition coefficient (Wildman–Crippen LogP) is 7.60. The molecule has 274 valence electrons. The maximum absolute atomic E-state index is 13.6. The van der Waals surface area contributed by atoms with Crippen LogP contribution in [-0.4, -0.2) is 76.7 Å². The van der Waals surface area contributed by atoms with E-state index in [1.807, 2.05) is 12.1 Å². The monoisotopic (exact) mass is 746 g/mol. The van der Waals surface area contributed by atoms with E-state index < -0.39 is 22.4 Å². The van der Waals surface area contributed by atoms with Gasteiger partial charge in [-0.05, 0) is 72.5 Å². The number of carbonyl (C=O) groups excluding carboxylic acids is 4. The summed E-state index contributed by atoms with van der Waals surface area (Å²) in [6, 6.07) is 28.1. The highest BCUT2D eigenvalue weighted by atomic mass is 32.2. The number of esters is 2. The molecule has 0 spiro atoms. The minimum absolute atomic E-state index is 0.0489. The molecule has 0 radical (unpaired) electrons. The molecule has 2 atom stereocenters. The first-order valence-corrected chi connectivity index (χ1v) is 18.5. The average molecular weight is 747 g/mol. The summed E-state index contributed by atoms with van der Waals surface area (Å²) in [6.07, 6.45) is 0.944. The number of ether oxygens (including phenoxy) is 6. The SMILES string of the molecule is COc1cccc(C(=O)C(SCC(=O)OCCCCOC(=O)CSC(C(=O)c2cccc(OC)c2)c2cccc(OC)c2)c2cccc(OC)c2)c1. The molecule has 12 heteroatoms. The van der Waals surface area contributed by atoms with E-state index in [1.54, 1.807) is 99.1 Å². The zero-order valence-corrected chi connectivity index (χ0v) is 31.2. The molecular weight excluding hydrogens is 705 g/mol. The number of methoxy groups -OCH3 is 4. The van der Waals surface area contributed by atoms with Crippen molar-refractivity contribution < 1.29 is 47.6 Å². The Kier molecular flexibility index (Phi) is 15.9. The predicted molar refractivity (Wildman–Crippen MR) is 202 cm³/mol. The lowest BCUT2D eigenvalue weighted by atomic mass is 10.0. The zero-order chi connectivity index (χ0) is 37.3. The van der Waals surface area contributed by atoms with Gasteiger partial charge >= 0.3 is 11.9 Å². The first-order chi connectivity index (χ1) is 25.3. The molecule has 0 bridgehead atoms. The molecule has 0 aliphatic heterocycles. The normalized spacial score (nSPS) is 11.8. The third kappa shape index (κ3) is 11.8. The van der Waals surface area contributed by atoms with Gasteiger partial charge in [-0.3, -0.25) is 19.2 Å². The van der Waals surface area contributed by atoms with Crippen molar-refractivity contribution in [2.45, 2.75) is 23.3 Å². The van der Waals surface area contributed by atoms with Gasteiger partial charge in [0.2, 0.25) is 0 Å². The van der Waals surface area contributed by atoms with Crippen molar-refractivity contribution in [3.8, 4) is 23.0 Å². The number of carbonyl (C=O) groups is 4. The van der Waals surface area contributed by atoms with Crippen LogP contribution < -0.4 is 18.9 Å². The second-order valence-electron chi connectivity index (χ2n) is 11.3. The van der Waals surface area contributed by atoms with E-state index in [-0.39, 0.29) is 36.3 Å². The van der Waals surface area contributed by atoms with Crippen LogP contribution in [0.1, 0.15) is 55.2 Å². The molecule has 0 N–H and O–H groups in total. The molecule has 0 aromatic heterocycles. The summed E-state index contributed by atoms with van der Waals surface area (Å²) in [5, 5.41) is -1.36. The lowest BCUT2D eigenvalue weighted by molar-refractivity contribution is -0.142. The van der Waals surface area contributed by atoms with Crippen LogP contribution in [-0.2, 0) is 19.1 Å². The van der Waals surface area contributed by atoms with Crippen LogP contribution in [0, 0.1) is 0 Å². The van der Waals surface area contributed by atoms with Gasteiger partial charge in [0.15, 0.2) is 11.6 Å². The van der Waals surface area contributed by atoms with Gasteiger partial charge in [0.1, 0.15) is 23.0 Å². The van der Waals surface area contributed by atoms with Gasteiger partial charge in [0.05, 0.1) is 63.7 Å². The average Bonchev–Trinajstić information content (AvgIpc) is 3.19. The number of hydrogen-bond donors (Lipinski definition) is 0. The standard InChI is InChI=1S/C40H42O10S2/c1-45-31-15-7-11-27(21-31)37(43)39(29-13-9-17-33(23-29)47-3)51-25-35(41)49-19-5-6-20-50-36(42)26-52-40(30-14-10-18-34(24-30)48-4)38(44)28-12-8-16-32(22-28)46-2/h7-18,21-24,39-40H,5-6,19-20,25-26H2,1-4H3. The highest BCUT2D eigenvalue weighted by Crippen LogP contribution is 2.36. The number of rotatable bonds is 21. The molecule has 0 amide bonds. The number of benzene rings is 4. The number of hydrogen-bond acceptors (Lipinski definition) is 12. The van der Waals surface area contributed by atoms with Crippen LogP contribution in [0.15, 0.2) is 97.1 Å². The lowest BCUT2D eigenvalue weighted by Gasteiger charge is -2.17. The Balaban J connectivity index is 1.24. The lowest BCUT2D eigenvalue weighted by Crippen LogP contribution is -2.16. The molecule has 0 fully saturated rings. The van der Waals surface area contributed by atoms with Crippen LogP contribution in [0.5, 0.6) is 23.0 Å². The largest absolute Gasteiger partial charge is 0.497 e. The minimum atomic E-state index is -0.679. The van der Waals surface area contributed by atoms with Gasteiger partial charge in [-0.25, -0.2) is 0 Å². The van der Waals surface area contributed by atoms with Crippen LogP contribution in [0.2, 0.25) is 0 Å². The van der Waals surface area contributed by atoms with Gasteiger partial charge in [0.25, 0.3) is 0 Å². The van der Waals surface area contributed by atoms with Crippen molar-refractivity contribution in [1.82, 2.24) is 0 Å². The minimum Gasteiger partial charge on any atom is -0.497 e. The molecule has 0 heterocycles. The number of thioether (sulfide) groups is 2. The van der Waals surface area contributed by atoms with Crippen molar-refractivity contribution in [1.29, 1.82) is 0 Å². The Hall–Kier alpha value is -4.94. The van der Waals surface area contributed by atoms with E-state index in [4.69, 9.17) is 28.4 Å². The fourth-order valence-corrected chi connectivity index (χ4v) is 7.10. The maximum atomic E-state index is 13.6. The van der Waals surface area contributed by atoms with Crippen molar-refractivity contribution in [2.24, 2.45) is 0 Å². The van der Waals surface area contributed by atoms with E-state index >= 15 is 0 Å². The van der Waals surface area contributed by atoms with E-state index in [9.17, 15) is 19.2 Å². The zero-order valence-electron chi connectivity index (χ0n) is 29.5. The molecule has 52 heavy (non-hydrogen) atoms. The summed E-state index contributed by atoms with van der Waals surface area (Å²) in [4.78, 5) is 52.5. The Morgan fingerprint density at radius 1 is 0.500 bits per heavy atom. The number of Topliss-reactive ketones (excluding diaryl/α,β-unsaturated/α-hetero) is 2. The molecule has 4 aromatic carbocycles. The quantitative estimate of drug-likeness (QED) is 0.0474. The Bertz CT molecular complexity index is 1680. The van der Waals surface area contributed by atoms with Gasteiger partial charge < -0.3 is 28.4 Å². The Labute approximate surface area is 312 Å². The van der Waals surface area contributed by atoms with Crippen LogP contribution in [0.25, 0.3) is 0 Å². The smallest absolute Gasteiger partial charge is 0.315 e. The summed E-state index contributed by atoms with van der Waals surface area (Å²) in [5.41, 5.74) is 2.31. The third-order valence-electron chi connectivity index (χ3n) is 7.78. The van der Waals surface area contributed by atoms with Crippen molar-refractivity contribution in [2.75, 3.05) is 53.2 Å². The van der Waals surface area contributed by atoms with Crippen LogP contribution in [0.3, 0.4) is 0 Å². The van der Waals surface area contributed by atoms with Gasteiger partial charge in [-0.15, -0.1) is 23.5 Å². The maximum Gasteiger partial charge on any atom is 0.315 e. The number of ketones is 2. The van der Waals surface area contributed by atoms with Crippen LogP contribution >= 0.6 is 23.5 Å². The van der Waals surface area contributed by atoms with E-state index in [0.717, 1.165) is 0 Å². The summed E-state index contributed by atoms with van der Waals surface area (Å²) in [6.45, 7) is 0.263. The second kappa shape index (κ2) is 20.8. The molecule has 10 nitrogen and oxygen atoms in total. The van der Waals surface area contributed by atoms with Crippen molar-refractivity contribution in [3.63, 3.8) is 0 Å². The van der Waals surface area contributed by atoms with E-state index in [0.29, 0.717) is 58.1 Å². The molecule has 0 aliphatic rings. The van der Waals surface area contributed by atoms with Crippen LogP contribution in [0.4, 0.5) is 0 Å². The topological polar surface area (TPSA) is 124 Å².